The summed E-state index contributed by atoms with van der Waals surface area (Å²) >= 11 is 0. The van der Waals surface area contributed by atoms with Crippen molar-refractivity contribution in [1.29, 1.82) is 0 Å². The first-order chi connectivity index (χ1) is 16.5. The monoisotopic (exact) mass is 461 g/mol. The number of rotatable bonds is 10. The highest BCUT2D eigenvalue weighted by Gasteiger charge is 2.27. The molecule has 1 aliphatic rings. The molecule has 1 fully saturated rings. The van der Waals surface area contributed by atoms with E-state index >= 15 is 0 Å². The number of ether oxygens (including phenoxy) is 1. The summed E-state index contributed by atoms with van der Waals surface area (Å²) in [4.78, 5) is 23.0. The maximum atomic E-state index is 14.9. The van der Waals surface area contributed by atoms with Crippen LogP contribution in [0.25, 0.3) is 0 Å². The molecule has 4 rings (SSSR count). The zero-order valence-corrected chi connectivity index (χ0v) is 19.9. The van der Waals surface area contributed by atoms with Gasteiger partial charge in [-0.05, 0) is 48.2 Å². The smallest absolute Gasteiger partial charge is 0.167 e. The Hall–Kier alpha value is -3.28. The summed E-state index contributed by atoms with van der Waals surface area (Å²) < 4.78 is 21.1. The molecule has 5 nitrogen and oxygen atoms in total. The van der Waals surface area contributed by atoms with Crippen LogP contribution in [-0.4, -0.2) is 34.9 Å². The fraction of sp³-hybridized carbons (Fsp3) is 0.393. The van der Waals surface area contributed by atoms with E-state index in [1.54, 1.807) is 24.7 Å². The van der Waals surface area contributed by atoms with E-state index in [-0.39, 0.29) is 23.6 Å². The maximum absolute atomic E-state index is 14.9. The normalized spacial score (nSPS) is 16.4. The van der Waals surface area contributed by atoms with Crippen molar-refractivity contribution in [2.24, 2.45) is 0 Å². The molecule has 3 heterocycles. The molecule has 3 aromatic rings. The minimum Gasteiger partial charge on any atom is -0.489 e. The quantitative estimate of drug-likeness (QED) is 0.397. The minimum absolute atomic E-state index is 0.0119. The molecule has 0 radical (unpaired) electrons. The lowest BCUT2D eigenvalue weighted by Crippen LogP contribution is -2.25. The van der Waals surface area contributed by atoms with E-state index in [1.165, 1.54) is 0 Å². The number of hydrogen-bond acceptors (Lipinski definition) is 5. The molecule has 1 saturated heterocycles. The molecule has 2 atom stereocenters. The third-order valence-corrected chi connectivity index (χ3v) is 6.46. The van der Waals surface area contributed by atoms with Crippen LogP contribution in [0.1, 0.15) is 55.8 Å². The molecule has 0 N–H and O–H groups in total. The van der Waals surface area contributed by atoms with E-state index in [9.17, 15) is 9.18 Å². The number of benzene rings is 1. The molecule has 178 valence electrons. The highest BCUT2D eigenvalue weighted by Crippen LogP contribution is 2.28. The summed E-state index contributed by atoms with van der Waals surface area (Å²) in [6.45, 7) is 5.41. The van der Waals surface area contributed by atoms with Gasteiger partial charge in [0.05, 0.1) is 17.9 Å². The number of carbonyl (C=O) groups is 1. The summed E-state index contributed by atoms with van der Waals surface area (Å²) in [5.74, 6) is 0.519. The van der Waals surface area contributed by atoms with Gasteiger partial charge >= 0.3 is 0 Å². The van der Waals surface area contributed by atoms with Gasteiger partial charge in [-0.15, -0.1) is 0 Å². The molecule has 2 unspecified atom stereocenters. The predicted molar refractivity (Wildman–Crippen MR) is 132 cm³/mol. The van der Waals surface area contributed by atoms with Crippen LogP contribution in [-0.2, 0) is 17.6 Å². The Balaban J connectivity index is 1.33. The van der Waals surface area contributed by atoms with Crippen molar-refractivity contribution >= 4 is 11.5 Å². The Bertz CT molecular complexity index is 1090. The number of ketones is 1. The second-order valence-corrected chi connectivity index (χ2v) is 8.96. The molecule has 0 bridgehead atoms. The standard InChI is InChI=1S/C28H32FN3O2/c1-3-4-7-25-28(29)26(12-15-31-25)32-16-13-24(19-32)34-23-10-8-22(9-11-23)20(2)27(33)17-21-6-5-14-30-18-21/h5-6,8-12,14-15,18,20,24H,3-4,7,13,16-17,19H2,1-2H3. The van der Waals surface area contributed by atoms with Crippen LogP contribution in [0.3, 0.4) is 0 Å². The second kappa shape index (κ2) is 11.2. The number of hydrogen-bond donors (Lipinski definition) is 0. The van der Waals surface area contributed by atoms with E-state index in [2.05, 4.69) is 16.9 Å². The Morgan fingerprint density at radius 2 is 2.03 bits per heavy atom. The fourth-order valence-corrected chi connectivity index (χ4v) is 4.35. The molecule has 1 aromatic carbocycles. The topological polar surface area (TPSA) is 55.3 Å². The predicted octanol–water partition coefficient (Wildman–Crippen LogP) is 5.53. The largest absolute Gasteiger partial charge is 0.489 e. The number of unbranched alkanes of at least 4 members (excludes halogenated alkanes) is 1. The molecule has 0 aliphatic carbocycles. The van der Waals surface area contributed by atoms with Crippen LogP contribution in [0.2, 0.25) is 0 Å². The van der Waals surface area contributed by atoms with Gasteiger partial charge in [0.15, 0.2) is 5.82 Å². The van der Waals surface area contributed by atoms with Gasteiger partial charge in [0, 0.05) is 43.9 Å². The highest BCUT2D eigenvalue weighted by molar-refractivity contribution is 5.87. The molecule has 34 heavy (non-hydrogen) atoms. The van der Waals surface area contributed by atoms with E-state index in [4.69, 9.17) is 4.74 Å². The first kappa shape index (κ1) is 23.9. The zero-order chi connectivity index (χ0) is 23.9. The van der Waals surface area contributed by atoms with Gasteiger partial charge in [-0.25, -0.2) is 4.39 Å². The SMILES string of the molecule is CCCCc1nccc(N2CCC(Oc3ccc(C(C)C(=O)Cc4cccnc4)cc3)C2)c1F. The van der Waals surface area contributed by atoms with Gasteiger partial charge in [0.2, 0.25) is 0 Å². The number of Topliss-reactive ketones (excluding diaryl/α,β-unsaturated/α-hetero) is 1. The minimum atomic E-state index is -0.203. The number of nitrogens with zero attached hydrogens (tertiary/aromatic N) is 3. The van der Waals surface area contributed by atoms with Crippen molar-refractivity contribution in [2.45, 2.75) is 58.0 Å². The van der Waals surface area contributed by atoms with Crippen LogP contribution < -0.4 is 9.64 Å². The van der Waals surface area contributed by atoms with E-state index in [0.29, 0.717) is 30.8 Å². The van der Waals surface area contributed by atoms with Crippen molar-refractivity contribution in [3.8, 4) is 5.75 Å². The fourth-order valence-electron chi connectivity index (χ4n) is 4.35. The van der Waals surface area contributed by atoms with Crippen LogP contribution in [0.15, 0.2) is 61.1 Å². The number of aromatic nitrogens is 2. The average Bonchev–Trinajstić information content (AvgIpc) is 3.32. The molecule has 2 aromatic heterocycles. The van der Waals surface area contributed by atoms with E-state index < -0.39 is 0 Å². The van der Waals surface area contributed by atoms with Crippen molar-refractivity contribution in [3.63, 3.8) is 0 Å². The third kappa shape index (κ3) is 5.79. The summed E-state index contributed by atoms with van der Waals surface area (Å²) in [7, 11) is 0. The van der Waals surface area contributed by atoms with E-state index in [0.717, 1.165) is 42.7 Å². The molecule has 6 heteroatoms. The lowest BCUT2D eigenvalue weighted by molar-refractivity contribution is -0.119. The Morgan fingerprint density at radius 1 is 1.21 bits per heavy atom. The molecule has 1 aliphatic heterocycles. The molecule has 0 spiro atoms. The zero-order valence-electron chi connectivity index (χ0n) is 19.9. The van der Waals surface area contributed by atoms with Crippen LogP contribution >= 0.6 is 0 Å². The van der Waals surface area contributed by atoms with Gasteiger partial charge in [-0.2, -0.15) is 0 Å². The van der Waals surface area contributed by atoms with Crippen molar-refractivity contribution < 1.29 is 13.9 Å². The first-order valence-electron chi connectivity index (χ1n) is 12.1. The molecule has 0 saturated carbocycles. The highest BCUT2D eigenvalue weighted by atomic mass is 19.1. The average molecular weight is 462 g/mol. The van der Waals surface area contributed by atoms with Crippen molar-refractivity contribution in [3.05, 3.63) is 83.7 Å². The Morgan fingerprint density at radius 3 is 2.76 bits per heavy atom. The summed E-state index contributed by atoms with van der Waals surface area (Å²) in [6, 6.07) is 13.3. The molecular weight excluding hydrogens is 429 g/mol. The van der Waals surface area contributed by atoms with E-state index in [1.807, 2.05) is 48.2 Å². The number of halogens is 1. The summed E-state index contributed by atoms with van der Waals surface area (Å²) in [5.41, 5.74) is 3.05. The first-order valence-corrected chi connectivity index (χ1v) is 12.1. The maximum Gasteiger partial charge on any atom is 0.167 e. The van der Waals surface area contributed by atoms with Gasteiger partial charge in [0.25, 0.3) is 0 Å². The Labute approximate surface area is 201 Å². The van der Waals surface area contributed by atoms with Gasteiger partial charge in [0.1, 0.15) is 17.6 Å². The second-order valence-electron chi connectivity index (χ2n) is 8.96. The molecule has 0 amide bonds. The van der Waals surface area contributed by atoms with Gasteiger partial charge < -0.3 is 9.64 Å². The third-order valence-electron chi connectivity index (χ3n) is 6.46. The summed E-state index contributed by atoms with van der Waals surface area (Å²) in [5, 5.41) is 0. The van der Waals surface area contributed by atoms with Crippen molar-refractivity contribution in [1.82, 2.24) is 9.97 Å². The Kier molecular flexibility index (Phi) is 7.88. The van der Waals surface area contributed by atoms with Crippen molar-refractivity contribution in [2.75, 3.05) is 18.0 Å². The number of aryl methyl sites for hydroxylation is 1. The van der Waals surface area contributed by atoms with Crippen LogP contribution in [0.4, 0.5) is 10.1 Å². The number of anilines is 1. The van der Waals surface area contributed by atoms with Gasteiger partial charge in [-0.1, -0.05) is 38.5 Å². The van der Waals surface area contributed by atoms with Crippen LogP contribution in [0.5, 0.6) is 5.75 Å². The lowest BCUT2D eigenvalue weighted by atomic mass is 9.93. The molecular formula is C28H32FN3O2. The lowest BCUT2D eigenvalue weighted by Gasteiger charge is -2.20. The summed E-state index contributed by atoms with van der Waals surface area (Å²) in [6.07, 6.45) is 8.94. The van der Waals surface area contributed by atoms with Crippen LogP contribution in [0, 0.1) is 5.82 Å². The number of carbonyl (C=O) groups excluding carboxylic acids is 1. The number of pyridine rings is 2. The van der Waals surface area contributed by atoms with Gasteiger partial charge in [-0.3, -0.25) is 14.8 Å².